The summed E-state index contributed by atoms with van der Waals surface area (Å²) in [7, 11) is 1.65. The van der Waals surface area contributed by atoms with Crippen LogP contribution in [0.3, 0.4) is 0 Å². The molecular weight excluding hydrogens is 286 g/mol. The van der Waals surface area contributed by atoms with Gasteiger partial charge in [-0.25, -0.2) is 4.98 Å². The highest BCUT2D eigenvalue weighted by atomic mass is 32.1. The first-order valence-corrected chi connectivity index (χ1v) is 7.28. The molecule has 6 heteroatoms. The van der Waals surface area contributed by atoms with Gasteiger partial charge in [-0.05, 0) is 12.5 Å². The molecule has 0 aliphatic rings. The fraction of sp³-hybridized carbons (Fsp3) is 0.267. The van der Waals surface area contributed by atoms with Gasteiger partial charge in [0.2, 0.25) is 0 Å². The second kappa shape index (κ2) is 6.05. The number of nitrogens with zero attached hydrogens (tertiary/aromatic N) is 3. The van der Waals surface area contributed by atoms with E-state index in [2.05, 4.69) is 18.1 Å². The first-order chi connectivity index (χ1) is 10.0. The second-order valence-corrected chi connectivity index (χ2v) is 5.68. The van der Waals surface area contributed by atoms with Crippen LogP contribution in [-0.2, 0) is 7.05 Å². The molecule has 0 saturated heterocycles. The Morgan fingerprint density at radius 1 is 1.43 bits per heavy atom. The average molecular weight is 303 g/mol. The molecule has 0 aliphatic heterocycles. The summed E-state index contributed by atoms with van der Waals surface area (Å²) in [6.45, 7) is 9.97. The number of hydrogen-bond donors (Lipinski definition) is 0. The predicted octanol–water partition coefficient (Wildman–Crippen LogP) is 2.12. The summed E-state index contributed by atoms with van der Waals surface area (Å²) >= 11 is 1.25. The molecule has 5 nitrogen and oxygen atoms in total. The van der Waals surface area contributed by atoms with Crippen LogP contribution < -0.4 is 5.56 Å². The van der Waals surface area contributed by atoms with Crippen molar-refractivity contribution in [1.29, 1.82) is 0 Å². The standard InChI is InChI=1S/C15H17N3O2S/c1-5-7-18(8-6-2)15(20)12-10(3)11-13(21-12)16-9-17(4)14(11)19/h5-6,9H,1-2,7-8H2,3-4H3. The van der Waals surface area contributed by atoms with E-state index in [1.807, 2.05) is 0 Å². The first-order valence-electron chi connectivity index (χ1n) is 6.47. The molecule has 0 aromatic carbocycles. The van der Waals surface area contributed by atoms with Crippen molar-refractivity contribution in [3.05, 3.63) is 52.4 Å². The molecule has 2 rings (SSSR count). The van der Waals surface area contributed by atoms with Crippen molar-refractivity contribution in [3.8, 4) is 0 Å². The second-order valence-electron chi connectivity index (χ2n) is 4.68. The minimum Gasteiger partial charge on any atom is -0.331 e. The van der Waals surface area contributed by atoms with E-state index in [1.54, 1.807) is 31.0 Å². The van der Waals surface area contributed by atoms with Crippen molar-refractivity contribution in [2.24, 2.45) is 7.05 Å². The fourth-order valence-corrected chi connectivity index (χ4v) is 3.22. The van der Waals surface area contributed by atoms with E-state index in [0.29, 0.717) is 33.7 Å². The van der Waals surface area contributed by atoms with Crippen LogP contribution >= 0.6 is 11.3 Å². The molecule has 0 spiro atoms. The Labute approximate surface area is 126 Å². The number of rotatable bonds is 5. The number of fused-ring (bicyclic) bond motifs is 1. The summed E-state index contributed by atoms with van der Waals surface area (Å²) < 4.78 is 1.42. The monoisotopic (exact) mass is 303 g/mol. The van der Waals surface area contributed by atoms with Crippen molar-refractivity contribution in [1.82, 2.24) is 14.5 Å². The minimum absolute atomic E-state index is 0.127. The van der Waals surface area contributed by atoms with Gasteiger partial charge in [-0.3, -0.25) is 9.59 Å². The van der Waals surface area contributed by atoms with Gasteiger partial charge in [-0.1, -0.05) is 12.2 Å². The van der Waals surface area contributed by atoms with Crippen LogP contribution in [0.4, 0.5) is 0 Å². The van der Waals surface area contributed by atoms with Crippen LogP contribution in [0.25, 0.3) is 10.2 Å². The molecule has 0 aliphatic carbocycles. The lowest BCUT2D eigenvalue weighted by atomic mass is 10.2. The van der Waals surface area contributed by atoms with Crippen molar-refractivity contribution in [3.63, 3.8) is 0 Å². The van der Waals surface area contributed by atoms with Gasteiger partial charge in [0.05, 0.1) is 16.6 Å². The summed E-state index contributed by atoms with van der Waals surface area (Å²) in [4.78, 5) is 31.8. The van der Waals surface area contributed by atoms with Gasteiger partial charge in [-0.2, -0.15) is 0 Å². The van der Waals surface area contributed by atoms with Crippen molar-refractivity contribution < 1.29 is 4.79 Å². The molecule has 110 valence electrons. The molecule has 0 fully saturated rings. The Morgan fingerprint density at radius 2 is 2.05 bits per heavy atom. The normalized spacial score (nSPS) is 10.6. The molecule has 2 heterocycles. The number of amides is 1. The lowest BCUT2D eigenvalue weighted by molar-refractivity contribution is 0.0795. The number of aryl methyl sites for hydroxylation is 2. The molecule has 0 bridgehead atoms. The fourth-order valence-electron chi connectivity index (χ4n) is 2.11. The van der Waals surface area contributed by atoms with Crippen molar-refractivity contribution in [2.75, 3.05) is 13.1 Å². The van der Waals surface area contributed by atoms with Crippen LogP contribution in [0.1, 0.15) is 15.2 Å². The molecule has 0 atom stereocenters. The number of hydrogen-bond acceptors (Lipinski definition) is 4. The summed E-state index contributed by atoms with van der Waals surface area (Å²) in [5, 5.41) is 0.519. The number of aromatic nitrogens is 2. The molecule has 1 amide bonds. The summed E-state index contributed by atoms with van der Waals surface area (Å²) in [5.74, 6) is -0.127. The van der Waals surface area contributed by atoms with E-state index in [-0.39, 0.29) is 11.5 Å². The predicted molar refractivity (Wildman–Crippen MR) is 85.9 cm³/mol. The molecule has 0 saturated carbocycles. The zero-order valence-electron chi connectivity index (χ0n) is 12.1. The van der Waals surface area contributed by atoms with Gasteiger partial charge in [0.25, 0.3) is 11.5 Å². The van der Waals surface area contributed by atoms with E-state index in [1.165, 1.54) is 22.2 Å². The Kier molecular flexibility index (Phi) is 4.37. The molecule has 0 radical (unpaired) electrons. The van der Waals surface area contributed by atoms with Gasteiger partial charge in [0, 0.05) is 20.1 Å². The molecule has 21 heavy (non-hydrogen) atoms. The molecule has 2 aromatic rings. The molecular formula is C15H17N3O2S. The average Bonchev–Trinajstić information content (AvgIpc) is 2.80. The van der Waals surface area contributed by atoms with Gasteiger partial charge >= 0.3 is 0 Å². The zero-order chi connectivity index (χ0) is 15.6. The van der Waals surface area contributed by atoms with Crippen LogP contribution in [0.2, 0.25) is 0 Å². The van der Waals surface area contributed by atoms with Gasteiger partial charge in [-0.15, -0.1) is 24.5 Å². The van der Waals surface area contributed by atoms with E-state index in [0.717, 1.165) is 0 Å². The Hall–Kier alpha value is -2.21. The largest absolute Gasteiger partial charge is 0.331 e. The third kappa shape index (κ3) is 2.67. The summed E-state index contributed by atoms with van der Waals surface area (Å²) in [6, 6.07) is 0. The van der Waals surface area contributed by atoms with E-state index in [9.17, 15) is 9.59 Å². The van der Waals surface area contributed by atoms with Gasteiger partial charge < -0.3 is 9.47 Å². The third-order valence-corrected chi connectivity index (χ3v) is 4.38. The van der Waals surface area contributed by atoms with E-state index in [4.69, 9.17) is 0 Å². The maximum Gasteiger partial charge on any atom is 0.264 e. The van der Waals surface area contributed by atoms with Gasteiger partial charge in [0.15, 0.2) is 0 Å². The number of carbonyl (C=O) groups excluding carboxylic acids is 1. The number of carbonyl (C=O) groups is 1. The summed E-state index contributed by atoms with van der Waals surface area (Å²) in [5.41, 5.74) is 0.554. The van der Waals surface area contributed by atoms with Crippen LogP contribution in [-0.4, -0.2) is 33.4 Å². The van der Waals surface area contributed by atoms with E-state index >= 15 is 0 Å². The zero-order valence-corrected chi connectivity index (χ0v) is 12.9. The molecule has 2 aromatic heterocycles. The lowest BCUT2D eigenvalue weighted by Crippen LogP contribution is -2.31. The SMILES string of the molecule is C=CCN(CC=C)C(=O)c1sc2ncn(C)c(=O)c2c1C. The smallest absolute Gasteiger partial charge is 0.264 e. The Balaban J connectivity index is 2.56. The van der Waals surface area contributed by atoms with Crippen molar-refractivity contribution in [2.45, 2.75) is 6.92 Å². The molecule has 0 N–H and O–H groups in total. The minimum atomic E-state index is -0.133. The van der Waals surface area contributed by atoms with Crippen LogP contribution in [0.5, 0.6) is 0 Å². The quantitative estimate of drug-likeness (QED) is 0.795. The maximum atomic E-state index is 12.6. The Morgan fingerprint density at radius 3 is 2.62 bits per heavy atom. The molecule has 0 unspecified atom stereocenters. The highest BCUT2D eigenvalue weighted by Gasteiger charge is 2.22. The lowest BCUT2D eigenvalue weighted by Gasteiger charge is -2.18. The topological polar surface area (TPSA) is 55.2 Å². The maximum absolute atomic E-state index is 12.6. The summed E-state index contributed by atoms with van der Waals surface area (Å²) in [6.07, 6.45) is 4.81. The highest BCUT2D eigenvalue weighted by molar-refractivity contribution is 7.20. The van der Waals surface area contributed by atoms with Crippen LogP contribution in [0, 0.1) is 6.92 Å². The number of thiophene rings is 1. The Bertz CT molecular complexity index is 763. The highest BCUT2D eigenvalue weighted by Crippen LogP contribution is 2.27. The van der Waals surface area contributed by atoms with Crippen LogP contribution in [0.15, 0.2) is 36.4 Å². The first kappa shape index (κ1) is 15.2. The third-order valence-electron chi connectivity index (χ3n) is 3.19. The van der Waals surface area contributed by atoms with Gasteiger partial charge in [0.1, 0.15) is 4.83 Å². The van der Waals surface area contributed by atoms with Crippen molar-refractivity contribution >= 4 is 27.5 Å². The van der Waals surface area contributed by atoms with E-state index < -0.39 is 0 Å².